The van der Waals surface area contributed by atoms with Gasteiger partial charge in [-0.25, -0.2) is 9.48 Å². The van der Waals surface area contributed by atoms with Crippen molar-refractivity contribution in [2.75, 3.05) is 0 Å². The third-order valence-electron chi connectivity index (χ3n) is 4.53. The summed E-state index contributed by atoms with van der Waals surface area (Å²) >= 11 is 0. The fourth-order valence-corrected chi connectivity index (χ4v) is 3.17. The molecule has 1 aliphatic heterocycles. The van der Waals surface area contributed by atoms with E-state index in [4.69, 9.17) is 0 Å². The van der Waals surface area contributed by atoms with Crippen LogP contribution in [-0.2, 0) is 17.8 Å². The second-order valence-corrected chi connectivity index (χ2v) is 6.14. The van der Waals surface area contributed by atoms with Crippen molar-refractivity contribution in [2.24, 2.45) is 0 Å². The van der Waals surface area contributed by atoms with Crippen LogP contribution < -0.4 is 0 Å². The van der Waals surface area contributed by atoms with Gasteiger partial charge in [-0.05, 0) is 23.3 Å². The van der Waals surface area contributed by atoms with Crippen LogP contribution >= 0.6 is 0 Å². The van der Waals surface area contributed by atoms with Crippen LogP contribution in [-0.4, -0.2) is 42.9 Å². The number of rotatable bonds is 3. The lowest BCUT2D eigenvalue weighted by Gasteiger charge is -2.33. The normalized spacial score (nSPS) is 16.2. The third kappa shape index (κ3) is 2.83. The molecule has 1 atom stereocenters. The van der Waals surface area contributed by atoms with Crippen molar-refractivity contribution >= 4 is 11.9 Å². The van der Waals surface area contributed by atoms with Gasteiger partial charge < -0.3 is 10.0 Å². The molecule has 7 heteroatoms. The van der Waals surface area contributed by atoms with Gasteiger partial charge in [0.2, 0.25) is 0 Å². The molecule has 130 valence electrons. The monoisotopic (exact) mass is 348 g/mol. The van der Waals surface area contributed by atoms with E-state index in [1.165, 1.54) is 15.8 Å². The summed E-state index contributed by atoms with van der Waals surface area (Å²) in [6.07, 6.45) is 1.81. The molecule has 3 aromatic rings. The Morgan fingerprint density at radius 2 is 1.69 bits per heavy atom. The van der Waals surface area contributed by atoms with E-state index in [1.807, 2.05) is 54.6 Å². The molecule has 1 aliphatic rings. The molecule has 1 aromatic heterocycles. The zero-order valence-corrected chi connectivity index (χ0v) is 13.8. The van der Waals surface area contributed by atoms with Gasteiger partial charge >= 0.3 is 5.97 Å². The highest BCUT2D eigenvalue weighted by Crippen LogP contribution is 2.25. The fraction of sp³-hybridized carbons (Fsp3) is 0.158. The maximum atomic E-state index is 12.9. The Labute approximate surface area is 149 Å². The van der Waals surface area contributed by atoms with Gasteiger partial charge in [0.25, 0.3) is 5.91 Å². The molecule has 0 unspecified atom stereocenters. The van der Waals surface area contributed by atoms with Crippen LogP contribution in [0.3, 0.4) is 0 Å². The van der Waals surface area contributed by atoms with Crippen LogP contribution in [0.2, 0.25) is 0 Å². The number of hydrogen-bond acceptors (Lipinski definition) is 4. The summed E-state index contributed by atoms with van der Waals surface area (Å²) in [4.78, 5) is 26.0. The molecule has 1 amide bonds. The molecule has 0 radical (unpaired) electrons. The number of benzene rings is 2. The molecular formula is C19H16N4O3. The first-order valence-electron chi connectivity index (χ1n) is 8.22. The molecule has 0 spiro atoms. The Bertz CT molecular complexity index is 968. The van der Waals surface area contributed by atoms with E-state index in [0.717, 1.165) is 16.8 Å². The number of aliphatic carboxylic acids is 1. The minimum absolute atomic E-state index is 0.125. The number of amides is 1. The van der Waals surface area contributed by atoms with E-state index in [2.05, 4.69) is 10.3 Å². The Morgan fingerprint density at radius 3 is 2.42 bits per heavy atom. The molecular weight excluding hydrogens is 332 g/mol. The summed E-state index contributed by atoms with van der Waals surface area (Å²) < 4.78 is 1.50. The maximum Gasteiger partial charge on any atom is 0.326 e. The average molecular weight is 348 g/mol. The highest BCUT2D eigenvalue weighted by molar-refractivity contribution is 5.95. The van der Waals surface area contributed by atoms with Crippen LogP contribution in [0.25, 0.3) is 5.69 Å². The summed E-state index contributed by atoms with van der Waals surface area (Å²) in [5.74, 6) is -1.46. The third-order valence-corrected chi connectivity index (χ3v) is 4.53. The molecule has 2 heterocycles. The number of carboxylic acid groups (broad SMARTS) is 1. The van der Waals surface area contributed by atoms with E-state index in [-0.39, 0.29) is 18.7 Å². The molecule has 26 heavy (non-hydrogen) atoms. The number of hydrogen-bond donors (Lipinski definition) is 1. The number of aromatic nitrogens is 3. The molecule has 0 saturated heterocycles. The minimum atomic E-state index is -1.02. The molecule has 1 N–H and O–H groups in total. The summed E-state index contributed by atoms with van der Waals surface area (Å²) in [6.45, 7) is 0.240. The Kier molecular flexibility index (Phi) is 3.96. The zero-order chi connectivity index (χ0) is 18.1. The molecule has 0 bridgehead atoms. The molecule has 4 rings (SSSR count). The Morgan fingerprint density at radius 1 is 1.00 bits per heavy atom. The molecule has 7 nitrogen and oxygen atoms in total. The lowest BCUT2D eigenvalue weighted by molar-refractivity contribution is -0.142. The van der Waals surface area contributed by atoms with Crippen molar-refractivity contribution < 1.29 is 14.7 Å². The van der Waals surface area contributed by atoms with Crippen molar-refractivity contribution in [3.63, 3.8) is 0 Å². The maximum absolute atomic E-state index is 12.9. The van der Waals surface area contributed by atoms with Crippen molar-refractivity contribution in [1.29, 1.82) is 0 Å². The second kappa shape index (κ2) is 6.44. The average Bonchev–Trinajstić information content (AvgIpc) is 3.17. The van der Waals surface area contributed by atoms with Crippen molar-refractivity contribution in [3.8, 4) is 5.69 Å². The molecule has 0 fully saturated rings. The Balaban J connectivity index is 1.65. The number of nitrogens with zero attached hydrogens (tertiary/aromatic N) is 4. The zero-order valence-electron chi connectivity index (χ0n) is 13.8. The van der Waals surface area contributed by atoms with Crippen LogP contribution in [0.4, 0.5) is 0 Å². The van der Waals surface area contributed by atoms with E-state index in [1.54, 1.807) is 0 Å². The number of carbonyl (C=O) groups excluding carboxylic acids is 1. The number of carboxylic acids is 1. The summed E-state index contributed by atoms with van der Waals surface area (Å²) in [6, 6.07) is 16.0. The first kappa shape index (κ1) is 16.0. The van der Waals surface area contributed by atoms with Gasteiger partial charge in [-0.1, -0.05) is 47.7 Å². The van der Waals surface area contributed by atoms with Crippen molar-refractivity contribution in [2.45, 2.75) is 19.0 Å². The quantitative estimate of drug-likeness (QED) is 0.781. The van der Waals surface area contributed by atoms with Crippen LogP contribution in [0, 0.1) is 0 Å². The molecule has 0 saturated carbocycles. The highest BCUT2D eigenvalue weighted by Gasteiger charge is 2.35. The van der Waals surface area contributed by atoms with E-state index >= 15 is 0 Å². The second-order valence-electron chi connectivity index (χ2n) is 6.14. The van der Waals surface area contributed by atoms with E-state index < -0.39 is 17.9 Å². The van der Waals surface area contributed by atoms with Gasteiger partial charge in [-0.2, -0.15) is 0 Å². The SMILES string of the molecule is O=C(O)[C@@H]1Cc2ccccc2CN1C(=O)c1cn(-c2ccccc2)nn1. The van der Waals surface area contributed by atoms with Gasteiger partial charge in [-0.15, -0.1) is 5.10 Å². The number of fused-ring (bicyclic) bond motifs is 1. The number of carbonyl (C=O) groups is 2. The van der Waals surface area contributed by atoms with Crippen molar-refractivity contribution in [3.05, 3.63) is 77.6 Å². The lowest BCUT2D eigenvalue weighted by atomic mass is 9.94. The van der Waals surface area contributed by atoms with Crippen LogP contribution in [0.15, 0.2) is 60.8 Å². The smallest absolute Gasteiger partial charge is 0.326 e. The standard InChI is InChI=1S/C19H16N4O3/c24-18(16-12-23(21-20-16)15-8-2-1-3-9-15)22-11-14-7-5-4-6-13(14)10-17(22)19(25)26/h1-9,12,17H,10-11H2,(H,25,26)/t17-/m0/s1. The minimum Gasteiger partial charge on any atom is -0.480 e. The highest BCUT2D eigenvalue weighted by atomic mass is 16.4. The van der Waals surface area contributed by atoms with E-state index in [0.29, 0.717) is 0 Å². The summed E-state index contributed by atoms with van der Waals surface area (Å²) in [7, 11) is 0. The molecule has 2 aromatic carbocycles. The molecule has 0 aliphatic carbocycles. The van der Waals surface area contributed by atoms with Gasteiger partial charge in [0.15, 0.2) is 5.69 Å². The summed E-state index contributed by atoms with van der Waals surface area (Å²) in [5, 5.41) is 17.5. The van der Waals surface area contributed by atoms with Gasteiger partial charge in [0, 0.05) is 13.0 Å². The number of para-hydroxylation sites is 1. The largest absolute Gasteiger partial charge is 0.480 e. The predicted octanol–water partition coefficient (Wildman–Crippen LogP) is 1.92. The van der Waals surface area contributed by atoms with Crippen molar-refractivity contribution in [1.82, 2.24) is 19.9 Å². The van der Waals surface area contributed by atoms with Gasteiger partial charge in [0.1, 0.15) is 6.04 Å². The van der Waals surface area contributed by atoms with Crippen LogP contribution in [0.5, 0.6) is 0 Å². The first-order chi connectivity index (χ1) is 12.6. The predicted molar refractivity (Wildman–Crippen MR) is 92.8 cm³/mol. The lowest BCUT2D eigenvalue weighted by Crippen LogP contribution is -2.48. The van der Waals surface area contributed by atoms with E-state index in [9.17, 15) is 14.7 Å². The Hall–Kier alpha value is -3.48. The van der Waals surface area contributed by atoms with Gasteiger partial charge in [0.05, 0.1) is 11.9 Å². The topological polar surface area (TPSA) is 88.3 Å². The van der Waals surface area contributed by atoms with Gasteiger partial charge in [-0.3, -0.25) is 4.79 Å². The fourth-order valence-electron chi connectivity index (χ4n) is 3.17. The summed E-state index contributed by atoms with van der Waals surface area (Å²) in [5.41, 5.74) is 2.81. The van der Waals surface area contributed by atoms with Crippen LogP contribution in [0.1, 0.15) is 21.6 Å². The first-order valence-corrected chi connectivity index (χ1v) is 8.22.